The first-order valence-electron chi connectivity index (χ1n) is 5.02. The summed E-state index contributed by atoms with van der Waals surface area (Å²) in [6.45, 7) is 0.444. The maximum absolute atomic E-state index is 12.8. The number of rotatable bonds is 4. The molecule has 2 nitrogen and oxygen atoms in total. The lowest BCUT2D eigenvalue weighted by atomic mass is 10.1. The average Bonchev–Trinajstić information content (AvgIpc) is 3.00. The fourth-order valence-electron chi connectivity index (χ4n) is 1.42. The molecular weight excluding hydrogens is 301 g/mol. The molecule has 1 aromatic rings. The van der Waals surface area contributed by atoms with Gasteiger partial charge in [0.2, 0.25) is 0 Å². The van der Waals surface area contributed by atoms with E-state index in [1.807, 2.05) is 0 Å². The zero-order valence-corrected chi connectivity index (χ0v) is 10.3. The molecule has 17 heavy (non-hydrogen) atoms. The maximum atomic E-state index is 12.8. The van der Waals surface area contributed by atoms with E-state index in [-0.39, 0.29) is 18.3 Å². The van der Waals surface area contributed by atoms with Gasteiger partial charge in [-0.25, -0.2) is 0 Å². The zero-order valence-electron chi connectivity index (χ0n) is 8.71. The van der Waals surface area contributed by atoms with E-state index in [1.54, 1.807) is 12.1 Å². The van der Waals surface area contributed by atoms with Crippen molar-refractivity contribution in [2.75, 3.05) is 13.2 Å². The summed E-state index contributed by atoms with van der Waals surface area (Å²) in [7, 11) is 0. The van der Waals surface area contributed by atoms with Gasteiger partial charge in [0.05, 0.1) is 13.2 Å². The molecule has 0 amide bonds. The Labute approximate surface area is 105 Å². The molecule has 94 valence electrons. The summed E-state index contributed by atoms with van der Waals surface area (Å²) in [5.41, 5.74) is 0.0903. The van der Waals surface area contributed by atoms with Crippen molar-refractivity contribution in [3.63, 3.8) is 0 Å². The Morgan fingerprint density at radius 1 is 1.47 bits per heavy atom. The van der Waals surface area contributed by atoms with Crippen LogP contribution in [0.4, 0.5) is 13.2 Å². The van der Waals surface area contributed by atoms with Crippen LogP contribution in [0.5, 0.6) is 0 Å². The molecule has 0 aromatic heterocycles. The summed E-state index contributed by atoms with van der Waals surface area (Å²) < 4.78 is 48.8. The van der Waals surface area contributed by atoms with E-state index in [0.29, 0.717) is 11.1 Å². The summed E-state index contributed by atoms with van der Waals surface area (Å²) in [6.07, 6.45) is -6.51. The van der Waals surface area contributed by atoms with Crippen LogP contribution < -0.4 is 0 Å². The highest BCUT2D eigenvalue weighted by Gasteiger charge is 2.43. The quantitative estimate of drug-likeness (QED) is 0.794. The highest BCUT2D eigenvalue weighted by atomic mass is 79.9. The number of halogens is 4. The highest BCUT2D eigenvalue weighted by molar-refractivity contribution is 9.10. The van der Waals surface area contributed by atoms with Gasteiger partial charge in [-0.15, -0.1) is 0 Å². The third-order valence-corrected chi connectivity index (χ3v) is 2.79. The van der Waals surface area contributed by atoms with Crippen molar-refractivity contribution in [3.8, 4) is 0 Å². The van der Waals surface area contributed by atoms with Crippen LogP contribution in [-0.2, 0) is 9.47 Å². The molecule has 2 atom stereocenters. The van der Waals surface area contributed by atoms with E-state index in [0.717, 1.165) is 0 Å². The summed E-state index contributed by atoms with van der Waals surface area (Å²) in [4.78, 5) is 0. The summed E-state index contributed by atoms with van der Waals surface area (Å²) in [6, 6.07) is 6.03. The molecule has 1 aliphatic heterocycles. The molecule has 1 saturated heterocycles. The Morgan fingerprint density at radius 2 is 2.18 bits per heavy atom. The van der Waals surface area contributed by atoms with Crippen molar-refractivity contribution >= 4 is 15.9 Å². The Balaban J connectivity index is 2.13. The van der Waals surface area contributed by atoms with Gasteiger partial charge in [-0.2, -0.15) is 13.2 Å². The van der Waals surface area contributed by atoms with Gasteiger partial charge in [0.25, 0.3) is 0 Å². The molecule has 1 fully saturated rings. The third-order valence-electron chi connectivity index (χ3n) is 2.30. The van der Waals surface area contributed by atoms with Crippen LogP contribution in [-0.4, -0.2) is 25.5 Å². The molecular formula is C11H10BrF3O2. The van der Waals surface area contributed by atoms with Crippen LogP contribution in [0.15, 0.2) is 28.7 Å². The lowest BCUT2D eigenvalue weighted by Crippen LogP contribution is -2.25. The Kier molecular flexibility index (Phi) is 3.75. The second-order valence-corrected chi connectivity index (χ2v) is 4.68. The maximum Gasteiger partial charge on any atom is 0.418 e. The van der Waals surface area contributed by atoms with Crippen molar-refractivity contribution in [1.82, 2.24) is 0 Å². The van der Waals surface area contributed by atoms with Gasteiger partial charge < -0.3 is 9.47 Å². The van der Waals surface area contributed by atoms with E-state index in [1.165, 1.54) is 12.1 Å². The van der Waals surface area contributed by atoms with Gasteiger partial charge in [0, 0.05) is 4.47 Å². The number of ether oxygens (including phenoxy) is 2. The third kappa shape index (κ3) is 3.69. The van der Waals surface area contributed by atoms with E-state index in [9.17, 15) is 13.2 Å². The minimum Gasteiger partial charge on any atom is -0.371 e. The van der Waals surface area contributed by atoms with Crippen LogP contribution in [0.2, 0.25) is 0 Å². The van der Waals surface area contributed by atoms with Crippen molar-refractivity contribution in [3.05, 3.63) is 34.3 Å². The van der Waals surface area contributed by atoms with Gasteiger partial charge in [0.1, 0.15) is 6.10 Å². The lowest BCUT2D eigenvalue weighted by molar-refractivity contribution is -0.224. The van der Waals surface area contributed by atoms with Crippen LogP contribution in [0.1, 0.15) is 11.7 Å². The minimum absolute atomic E-state index is 0.0311. The molecule has 0 bridgehead atoms. The Bertz CT molecular complexity index is 391. The summed E-state index contributed by atoms with van der Waals surface area (Å²) in [5.74, 6) is 0. The average molecular weight is 311 g/mol. The first kappa shape index (κ1) is 12.9. The largest absolute Gasteiger partial charge is 0.418 e. The van der Waals surface area contributed by atoms with E-state index >= 15 is 0 Å². The Hall–Kier alpha value is -0.590. The Morgan fingerprint density at radius 3 is 2.71 bits per heavy atom. The van der Waals surface area contributed by atoms with Gasteiger partial charge in [-0.05, 0) is 17.7 Å². The number of hydrogen-bond acceptors (Lipinski definition) is 2. The molecule has 2 rings (SSSR count). The van der Waals surface area contributed by atoms with Crippen LogP contribution >= 0.6 is 15.9 Å². The number of hydrogen-bond donors (Lipinski definition) is 0. The smallest absolute Gasteiger partial charge is 0.371 e. The zero-order chi connectivity index (χ0) is 12.5. The van der Waals surface area contributed by atoms with Crippen LogP contribution in [0, 0.1) is 0 Å². The molecule has 0 N–H and O–H groups in total. The molecule has 0 aliphatic carbocycles. The van der Waals surface area contributed by atoms with Gasteiger partial charge >= 0.3 is 6.18 Å². The highest BCUT2D eigenvalue weighted by Crippen LogP contribution is 2.37. The standard InChI is InChI=1S/C11H10BrF3O2/c12-8-3-1-2-7(4-8)10(11(13,14)15)17-6-9-5-16-9/h1-4,9-10H,5-6H2/t9-,10+/m0/s1. The lowest BCUT2D eigenvalue weighted by Gasteiger charge is -2.21. The minimum atomic E-state index is -4.42. The molecule has 0 unspecified atom stereocenters. The van der Waals surface area contributed by atoms with Gasteiger partial charge in [-0.1, -0.05) is 28.1 Å². The van der Waals surface area contributed by atoms with Gasteiger partial charge in [-0.3, -0.25) is 0 Å². The second kappa shape index (κ2) is 4.96. The van der Waals surface area contributed by atoms with E-state index in [4.69, 9.17) is 9.47 Å². The van der Waals surface area contributed by atoms with E-state index in [2.05, 4.69) is 15.9 Å². The second-order valence-electron chi connectivity index (χ2n) is 3.77. The molecule has 0 saturated carbocycles. The van der Waals surface area contributed by atoms with Crippen LogP contribution in [0.3, 0.4) is 0 Å². The number of epoxide rings is 1. The topological polar surface area (TPSA) is 21.8 Å². The molecule has 0 spiro atoms. The summed E-state index contributed by atoms with van der Waals surface area (Å²) >= 11 is 3.14. The normalized spacial score (nSPS) is 21.3. The number of benzene rings is 1. The predicted molar refractivity (Wildman–Crippen MR) is 58.6 cm³/mol. The molecule has 0 radical (unpaired) electrons. The van der Waals surface area contributed by atoms with Crippen molar-refractivity contribution in [2.45, 2.75) is 18.4 Å². The predicted octanol–water partition coefficient (Wildman–Crippen LogP) is 3.47. The summed E-state index contributed by atoms with van der Waals surface area (Å²) in [5, 5.41) is 0. The first-order chi connectivity index (χ1) is 7.97. The van der Waals surface area contributed by atoms with Crippen molar-refractivity contribution in [1.29, 1.82) is 0 Å². The van der Waals surface area contributed by atoms with Crippen LogP contribution in [0.25, 0.3) is 0 Å². The fourth-order valence-corrected chi connectivity index (χ4v) is 1.83. The van der Waals surface area contributed by atoms with Crippen molar-refractivity contribution < 1.29 is 22.6 Å². The van der Waals surface area contributed by atoms with Crippen molar-refractivity contribution in [2.24, 2.45) is 0 Å². The monoisotopic (exact) mass is 310 g/mol. The fraction of sp³-hybridized carbons (Fsp3) is 0.455. The molecule has 1 aliphatic rings. The first-order valence-corrected chi connectivity index (χ1v) is 5.81. The van der Waals surface area contributed by atoms with Gasteiger partial charge in [0.15, 0.2) is 6.10 Å². The molecule has 6 heteroatoms. The molecule has 1 aromatic carbocycles. The molecule has 1 heterocycles. The SMILES string of the molecule is FC(F)(F)[C@H](OC[C@@H]1CO1)c1cccc(Br)c1. The number of alkyl halides is 3. The van der Waals surface area contributed by atoms with E-state index < -0.39 is 12.3 Å².